The molecule has 0 bridgehead atoms. The van der Waals surface area contributed by atoms with Gasteiger partial charge in [0, 0.05) is 17.8 Å². The maximum Gasteiger partial charge on any atom is 0.261 e. The van der Waals surface area contributed by atoms with Crippen LogP contribution in [0.25, 0.3) is 0 Å². The molecule has 4 rings (SSSR count). The first-order valence-corrected chi connectivity index (χ1v) is 11.8. The normalized spacial score (nSPS) is 11.2. The lowest BCUT2D eigenvalue weighted by atomic mass is 10.1. The standard InChI is InChI=1S/C24H23N5O3S/c1-18-5-11-22(12-6-18)28-33(31,32)23-4-2-3-21(13-23)24(30)26-14-19-7-9-20(10-8-19)15-29-17-25-16-27-29/h2-13,16-17,28H,14-15H2,1H3,(H,26,30). The number of anilines is 1. The third kappa shape index (κ3) is 5.83. The van der Waals surface area contributed by atoms with E-state index >= 15 is 0 Å². The molecule has 9 heteroatoms. The smallest absolute Gasteiger partial charge is 0.261 e. The van der Waals surface area contributed by atoms with Crippen molar-refractivity contribution in [3.63, 3.8) is 0 Å². The molecule has 168 valence electrons. The number of aryl methyl sites for hydroxylation is 1. The highest BCUT2D eigenvalue weighted by Gasteiger charge is 2.16. The minimum absolute atomic E-state index is 0.0215. The van der Waals surface area contributed by atoms with Gasteiger partial charge in [-0.2, -0.15) is 5.10 Å². The lowest BCUT2D eigenvalue weighted by Gasteiger charge is -2.10. The zero-order chi connectivity index (χ0) is 23.3. The number of nitrogens with one attached hydrogen (secondary N) is 2. The zero-order valence-electron chi connectivity index (χ0n) is 18.0. The van der Waals surface area contributed by atoms with Crippen molar-refractivity contribution in [2.75, 3.05) is 4.72 Å². The molecule has 33 heavy (non-hydrogen) atoms. The van der Waals surface area contributed by atoms with Gasteiger partial charge in [-0.15, -0.1) is 0 Å². The van der Waals surface area contributed by atoms with Crippen molar-refractivity contribution in [3.8, 4) is 0 Å². The molecule has 0 aliphatic rings. The Morgan fingerprint density at radius 2 is 1.70 bits per heavy atom. The zero-order valence-corrected chi connectivity index (χ0v) is 18.8. The molecule has 0 fully saturated rings. The lowest BCUT2D eigenvalue weighted by molar-refractivity contribution is 0.0950. The van der Waals surface area contributed by atoms with Crippen LogP contribution in [0.5, 0.6) is 0 Å². The Kier molecular flexibility index (Phi) is 6.50. The predicted molar refractivity (Wildman–Crippen MR) is 125 cm³/mol. The molecule has 1 amide bonds. The Bertz CT molecular complexity index is 1330. The number of benzene rings is 3. The molecular weight excluding hydrogens is 438 g/mol. The number of nitrogens with zero attached hydrogens (tertiary/aromatic N) is 3. The van der Waals surface area contributed by atoms with Gasteiger partial charge in [-0.25, -0.2) is 18.1 Å². The van der Waals surface area contributed by atoms with Gasteiger partial charge in [0.2, 0.25) is 0 Å². The highest BCUT2D eigenvalue weighted by molar-refractivity contribution is 7.92. The predicted octanol–water partition coefficient (Wildman–Crippen LogP) is 3.37. The maximum absolute atomic E-state index is 12.7. The molecule has 0 saturated heterocycles. The van der Waals surface area contributed by atoms with Gasteiger partial charge >= 0.3 is 0 Å². The third-order valence-corrected chi connectivity index (χ3v) is 6.38. The largest absolute Gasteiger partial charge is 0.348 e. The number of hydrogen-bond donors (Lipinski definition) is 2. The van der Waals surface area contributed by atoms with Crippen LogP contribution in [0.1, 0.15) is 27.0 Å². The van der Waals surface area contributed by atoms with Crippen molar-refractivity contribution in [2.24, 2.45) is 0 Å². The molecule has 0 saturated carbocycles. The van der Waals surface area contributed by atoms with E-state index in [1.807, 2.05) is 43.3 Å². The summed E-state index contributed by atoms with van der Waals surface area (Å²) < 4.78 is 29.7. The van der Waals surface area contributed by atoms with Crippen LogP contribution < -0.4 is 10.0 Å². The van der Waals surface area contributed by atoms with Crippen molar-refractivity contribution in [1.29, 1.82) is 0 Å². The Balaban J connectivity index is 1.38. The number of aromatic nitrogens is 3. The molecule has 8 nitrogen and oxygen atoms in total. The van der Waals surface area contributed by atoms with Crippen LogP contribution in [0, 0.1) is 6.92 Å². The second-order valence-corrected chi connectivity index (χ2v) is 9.27. The molecule has 0 unspecified atom stereocenters. The van der Waals surface area contributed by atoms with E-state index in [1.165, 1.54) is 18.5 Å². The quantitative estimate of drug-likeness (QED) is 0.419. The van der Waals surface area contributed by atoms with E-state index in [4.69, 9.17) is 0 Å². The fraction of sp³-hybridized carbons (Fsp3) is 0.125. The van der Waals surface area contributed by atoms with E-state index in [2.05, 4.69) is 20.1 Å². The molecule has 0 atom stereocenters. The van der Waals surface area contributed by atoms with Crippen LogP contribution in [-0.2, 0) is 23.1 Å². The molecule has 0 aliphatic carbocycles. The van der Waals surface area contributed by atoms with Crippen molar-refractivity contribution < 1.29 is 13.2 Å². The molecule has 1 aromatic heterocycles. The van der Waals surface area contributed by atoms with Crippen LogP contribution in [0.3, 0.4) is 0 Å². The van der Waals surface area contributed by atoms with Gasteiger partial charge in [0.1, 0.15) is 12.7 Å². The van der Waals surface area contributed by atoms with Crippen molar-refractivity contribution in [2.45, 2.75) is 24.9 Å². The lowest BCUT2D eigenvalue weighted by Crippen LogP contribution is -2.23. The summed E-state index contributed by atoms with van der Waals surface area (Å²) >= 11 is 0. The number of hydrogen-bond acceptors (Lipinski definition) is 5. The van der Waals surface area contributed by atoms with Crippen LogP contribution in [0.2, 0.25) is 0 Å². The molecule has 0 radical (unpaired) electrons. The van der Waals surface area contributed by atoms with Gasteiger partial charge in [-0.3, -0.25) is 9.52 Å². The van der Waals surface area contributed by atoms with Gasteiger partial charge < -0.3 is 5.32 Å². The number of sulfonamides is 1. The van der Waals surface area contributed by atoms with Crippen LogP contribution in [0.15, 0.2) is 90.3 Å². The third-order valence-electron chi connectivity index (χ3n) is 5.00. The molecular formula is C24H23N5O3S. The summed E-state index contributed by atoms with van der Waals surface area (Å²) in [6.07, 6.45) is 3.14. The van der Waals surface area contributed by atoms with Gasteiger partial charge in [0.05, 0.1) is 11.4 Å². The summed E-state index contributed by atoms with van der Waals surface area (Å²) in [4.78, 5) is 16.6. The topological polar surface area (TPSA) is 106 Å². The number of rotatable bonds is 8. The number of amides is 1. The average Bonchev–Trinajstić information content (AvgIpc) is 3.33. The van der Waals surface area contributed by atoms with Crippen LogP contribution in [-0.4, -0.2) is 29.1 Å². The Hall–Kier alpha value is -3.98. The Morgan fingerprint density at radius 3 is 2.39 bits per heavy atom. The summed E-state index contributed by atoms with van der Waals surface area (Å²) in [5, 5.41) is 6.91. The summed E-state index contributed by atoms with van der Waals surface area (Å²) in [7, 11) is -3.82. The van der Waals surface area contributed by atoms with Gasteiger partial charge in [-0.05, 0) is 48.4 Å². The number of carbonyl (C=O) groups excluding carboxylic acids is 1. The monoisotopic (exact) mass is 461 g/mol. The van der Waals surface area contributed by atoms with Crippen LogP contribution >= 0.6 is 0 Å². The van der Waals surface area contributed by atoms with E-state index < -0.39 is 10.0 Å². The van der Waals surface area contributed by atoms with Crippen LogP contribution in [0.4, 0.5) is 5.69 Å². The minimum Gasteiger partial charge on any atom is -0.348 e. The fourth-order valence-electron chi connectivity index (χ4n) is 3.19. The second kappa shape index (κ2) is 9.66. The van der Waals surface area contributed by atoms with Gasteiger partial charge in [0.15, 0.2) is 0 Å². The molecule has 4 aromatic rings. The molecule has 1 heterocycles. The van der Waals surface area contributed by atoms with Crippen molar-refractivity contribution >= 4 is 21.6 Å². The average molecular weight is 462 g/mol. The summed E-state index contributed by atoms with van der Waals surface area (Å²) in [6, 6.07) is 20.8. The van der Waals surface area contributed by atoms with E-state index in [-0.39, 0.29) is 16.4 Å². The fourth-order valence-corrected chi connectivity index (χ4v) is 4.29. The van der Waals surface area contributed by atoms with Crippen molar-refractivity contribution in [1.82, 2.24) is 20.1 Å². The first kappa shape index (κ1) is 22.2. The van der Waals surface area contributed by atoms with Crippen molar-refractivity contribution in [3.05, 3.63) is 108 Å². The summed E-state index contributed by atoms with van der Waals surface area (Å²) in [6.45, 7) is 2.86. The Labute approximate surface area is 192 Å². The van der Waals surface area contributed by atoms with E-state index in [1.54, 1.807) is 35.3 Å². The summed E-state index contributed by atoms with van der Waals surface area (Å²) in [5.74, 6) is -0.353. The molecule has 2 N–H and O–H groups in total. The van der Waals surface area contributed by atoms with E-state index in [0.717, 1.165) is 16.7 Å². The molecule has 0 spiro atoms. The van der Waals surface area contributed by atoms with Gasteiger partial charge in [-0.1, -0.05) is 48.0 Å². The number of carbonyl (C=O) groups is 1. The summed E-state index contributed by atoms with van der Waals surface area (Å²) in [5.41, 5.74) is 3.75. The Morgan fingerprint density at radius 1 is 0.970 bits per heavy atom. The molecule has 3 aromatic carbocycles. The van der Waals surface area contributed by atoms with E-state index in [0.29, 0.717) is 18.8 Å². The highest BCUT2D eigenvalue weighted by Crippen LogP contribution is 2.18. The highest BCUT2D eigenvalue weighted by atomic mass is 32.2. The maximum atomic E-state index is 12.7. The SMILES string of the molecule is Cc1ccc(NS(=O)(=O)c2cccc(C(=O)NCc3ccc(Cn4cncn4)cc3)c2)cc1. The first-order chi connectivity index (χ1) is 15.9. The molecule has 0 aliphatic heterocycles. The van der Waals surface area contributed by atoms with Gasteiger partial charge in [0.25, 0.3) is 15.9 Å². The first-order valence-electron chi connectivity index (χ1n) is 10.3. The van der Waals surface area contributed by atoms with E-state index in [9.17, 15) is 13.2 Å². The minimum atomic E-state index is -3.82. The second-order valence-electron chi connectivity index (χ2n) is 7.59.